The van der Waals surface area contributed by atoms with Crippen molar-refractivity contribution in [2.75, 3.05) is 17.7 Å². The maximum atomic E-state index is 12.6. The van der Waals surface area contributed by atoms with Crippen molar-refractivity contribution in [3.63, 3.8) is 0 Å². The second kappa shape index (κ2) is 9.77. The summed E-state index contributed by atoms with van der Waals surface area (Å²) in [5.74, 6) is -0.612. The van der Waals surface area contributed by atoms with E-state index in [4.69, 9.17) is 21.1 Å². The number of carbonyl (C=O) groups excluding carboxylic acids is 3. The minimum atomic E-state index is -0.475. The number of halogens is 1. The van der Waals surface area contributed by atoms with Crippen LogP contribution in [0.2, 0.25) is 5.02 Å². The van der Waals surface area contributed by atoms with Crippen molar-refractivity contribution in [3.05, 3.63) is 82.9 Å². The number of methoxy groups -OCH3 is 1. The Morgan fingerprint density at radius 2 is 1.52 bits per heavy atom. The molecule has 3 aromatic carbocycles. The molecule has 0 spiro atoms. The summed E-state index contributed by atoms with van der Waals surface area (Å²) in [5.41, 5.74) is 1.54. The van der Waals surface area contributed by atoms with Crippen LogP contribution in [-0.2, 0) is 4.79 Å². The molecule has 0 bridgehead atoms. The van der Waals surface area contributed by atoms with E-state index in [2.05, 4.69) is 10.6 Å². The maximum absolute atomic E-state index is 12.6. The van der Waals surface area contributed by atoms with Crippen LogP contribution in [-0.4, -0.2) is 24.9 Å². The lowest BCUT2D eigenvalue weighted by Gasteiger charge is -2.11. The van der Waals surface area contributed by atoms with Gasteiger partial charge in [-0.15, -0.1) is 0 Å². The van der Waals surface area contributed by atoms with E-state index in [9.17, 15) is 14.4 Å². The predicted molar refractivity (Wildman–Crippen MR) is 118 cm³/mol. The Bertz CT molecular complexity index is 1150. The van der Waals surface area contributed by atoms with Gasteiger partial charge < -0.3 is 20.1 Å². The van der Waals surface area contributed by atoms with Crippen LogP contribution in [0.15, 0.2) is 66.7 Å². The minimum absolute atomic E-state index is 0.275. The lowest BCUT2D eigenvalue weighted by molar-refractivity contribution is -0.131. The number of rotatable bonds is 6. The van der Waals surface area contributed by atoms with Gasteiger partial charge in [-0.3, -0.25) is 14.4 Å². The summed E-state index contributed by atoms with van der Waals surface area (Å²) in [6.07, 6.45) is 0. The van der Waals surface area contributed by atoms with Gasteiger partial charge in [0, 0.05) is 28.9 Å². The SMILES string of the molecule is COc1ccc(Cl)cc1C(=O)Nc1cccc(NC(=O)c2cccc(OC(C)=O)c2)c1. The third-order valence-corrected chi connectivity index (χ3v) is 4.38. The zero-order chi connectivity index (χ0) is 22.4. The molecule has 0 aliphatic carbocycles. The molecule has 0 aliphatic heterocycles. The Morgan fingerprint density at radius 1 is 0.839 bits per heavy atom. The molecule has 31 heavy (non-hydrogen) atoms. The molecule has 0 radical (unpaired) electrons. The topological polar surface area (TPSA) is 93.7 Å². The van der Waals surface area contributed by atoms with Crippen LogP contribution in [0, 0.1) is 0 Å². The number of ether oxygens (including phenoxy) is 2. The molecule has 0 aliphatic rings. The quantitative estimate of drug-likeness (QED) is 0.426. The van der Waals surface area contributed by atoms with Gasteiger partial charge in [0.2, 0.25) is 0 Å². The van der Waals surface area contributed by atoms with Crippen LogP contribution in [0.1, 0.15) is 27.6 Å². The Kier molecular flexibility index (Phi) is 6.89. The van der Waals surface area contributed by atoms with E-state index in [1.807, 2.05) is 0 Å². The van der Waals surface area contributed by atoms with Gasteiger partial charge in [0.05, 0.1) is 12.7 Å². The molecule has 0 saturated heterocycles. The van der Waals surface area contributed by atoms with Crippen LogP contribution in [0.25, 0.3) is 0 Å². The highest BCUT2D eigenvalue weighted by Crippen LogP contribution is 2.24. The fraction of sp³-hybridized carbons (Fsp3) is 0.0870. The van der Waals surface area contributed by atoms with Gasteiger partial charge in [-0.25, -0.2) is 0 Å². The molecule has 0 fully saturated rings. The molecular weight excluding hydrogens is 420 g/mol. The van der Waals surface area contributed by atoms with Crippen molar-refractivity contribution in [2.45, 2.75) is 6.92 Å². The summed E-state index contributed by atoms with van der Waals surface area (Å²) in [7, 11) is 1.46. The first-order chi connectivity index (χ1) is 14.9. The summed E-state index contributed by atoms with van der Waals surface area (Å²) in [6, 6.07) is 17.7. The van der Waals surface area contributed by atoms with Gasteiger partial charge in [-0.2, -0.15) is 0 Å². The highest BCUT2D eigenvalue weighted by molar-refractivity contribution is 6.31. The highest BCUT2D eigenvalue weighted by Gasteiger charge is 2.14. The second-order valence-corrected chi connectivity index (χ2v) is 6.89. The van der Waals surface area contributed by atoms with Crippen molar-refractivity contribution < 1.29 is 23.9 Å². The number of esters is 1. The van der Waals surface area contributed by atoms with E-state index in [1.54, 1.807) is 54.6 Å². The van der Waals surface area contributed by atoms with Gasteiger partial charge >= 0.3 is 5.97 Å². The van der Waals surface area contributed by atoms with E-state index in [-0.39, 0.29) is 11.3 Å². The first kappa shape index (κ1) is 21.9. The Labute approximate surface area is 183 Å². The lowest BCUT2D eigenvalue weighted by atomic mass is 10.1. The maximum Gasteiger partial charge on any atom is 0.308 e. The van der Waals surface area contributed by atoms with Gasteiger partial charge in [0.25, 0.3) is 11.8 Å². The number of hydrogen-bond donors (Lipinski definition) is 2. The smallest absolute Gasteiger partial charge is 0.308 e. The zero-order valence-corrected chi connectivity index (χ0v) is 17.5. The van der Waals surface area contributed by atoms with Gasteiger partial charge in [0.1, 0.15) is 11.5 Å². The Balaban J connectivity index is 1.73. The molecule has 0 heterocycles. The largest absolute Gasteiger partial charge is 0.496 e. The van der Waals surface area contributed by atoms with Crippen LogP contribution in [0.3, 0.4) is 0 Å². The molecule has 0 saturated carbocycles. The highest BCUT2D eigenvalue weighted by atomic mass is 35.5. The molecular formula is C23H19ClN2O5. The number of benzene rings is 3. The summed E-state index contributed by atoms with van der Waals surface area (Å²) in [5, 5.41) is 5.91. The summed E-state index contributed by atoms with van der Waals surface area (Å²) >= 11 is 5.99. The van der Waals surface area contributed by atoms with Crippen LogP contribution in [0.4, 0.5) is 11.4 Å². The molecule has 8 heteroatoms. The first-order valence-corrected chi connectivity index (χ1v) is 9.58. The second-order valence-electron chi connectivity index (χ2n) is 6.46. The average Bonchev–Trinajstić information content (AvgIpc) is 2.73. The molecule has 2 amide bonds. The minimum Gasteiger partial charge on any atom is -0.496 e. The summed E-state index contributed by atoms with van der Waals surface area (Å²) in [6.45, 7) is 1.28. The molecule has 3 rings (SSSR count). The van der Waals surface area contributed by atoms with Crippen molar-refractivity contribution >= 4 is 40.8 Å². The standard InChI is InChI=1S/C23H19ClN2O5/c1-14(27)31-19-8-3-5-15(11-19)22(28)25-17-6-4-7-18(13-17)26-23(29)20-12-16(24)9-10-21(20)30-2/h3-13H,1-2H3,(H,25,28)(H,26,29). The molecule has 158 valence electrons. The lowest BCUT2D eigenvalue weighted by Crippen LogP contribution is -2.15. The molecule has 0 atom stereocenters. The van der Waals surface area contributed by atoms with Gasteiger partial charge in [-0.05, 0) is 54.6 Å². The van der Waals surface area contributed by atoms with E-state index < -0.39 is 17.8 Å². The van der Waals surface area contributed by atoms with Crippen molar-refractivity contribution in [3.8, 4) is 11.5 Å². The monoisotopic (exact) mass is 438 g/mol. The third kappa shape index (κ3) is 5.83. The molecule has 3 aromatic rings. The zero-order valence-electron chi connectivity index (χ0n) is 16.8. The number of hydrogen-bond acceptors (Lipinski definition) is 5. The fourth-order valence-corrected chi connectivity index (χ4v) is 2.97. The van der Waals surface area contributed by atoms with Gasteiger partial charge in [0.15, 0.2) is 0 Å². The van der Waals surface area contributed by atoms with Crippen molar-refractivity contribution in [2.24, 2.45) is 0 Å². The van der Waals surface area contributed by atoms with E-state index in [0.717, 1.165) is 0 Å². The first-order valence-electron chi connectivity index (χ1n) is 9.20. The van der Waals surface area contributed by atoms with Crippen LogP contribution in [0.5, 0.6) is 11.5 Å². The van der Waals surface area contributed by atoms with Crippen LogP contribution < -0.4 is 20.1 Å². The van der Waals surface area contributed by atoms with Crippen molar-refractivity contribution in [1.82, 2.24) is 0 Å². The molecule has 0 unspecified atom stereocenters. The van der Waals surface area contributed by atoms with Gasteiger partial charge in [-0.1, -0.05) is 23.7 Å². The van der Waals surface area contributed by atoms with Crippen molar-refractivity contribution in [1.29, 1.82) is 0 Å². The number of carbonyl (C=O) groups is 3. The number of amides is 2. The molecule has 7 nitrogen and oxygen atoms in total. The number of nitrogens with one attached hydrogen (secondary N) is 2. The summed E-state index contributed by atoms with van der Waals surface area (Å²) in [4.78, 5) is 36.3. The summed E-state index contributed by atoms with van der Waals surface area (Å²) < 4.78 is 10.2. The molecule has 0 aromatic heterocycles. The third-order valence-electron chi connectivity index (χ3n) is 4.14. The predicted octanol–water partition coefficient (Wildman–Crippen LogP) is 4.78. The van der Waals surface area contributed by atoms with E-state index >= 15 is 0 Å². The number of anilines is 2. The Morgan fingerprint density at radius 3 is 2.19 bits per heavy atom. The van der Waals surface area contributed by atoms with E-state index in [1.165, 1.54) is 26.2 Å². The normalized spacial score (nSPS) is 10.2. The Hall–Kier alpha value is -3.84. The van der Waals surface area contributed by atoms with Crippen LogP contribution >= 0.6 is 11.6 Å². The van der Waals surface area contributed by atoms with E-state index in [0.29, 0.717) is 27.7 Å². The molecule has 2 N–H and O–H groups in total. The fourth-order valence-electron chi connectivity index (χ4n) is 2.80. The average molecular weight is 439 g/mol.